The second-order valence-electron chi connectivity index (χ2n) is 5.55. The standard InChI is InChI=1S/C16H18ClN5/c1-12(21-7-5-19-11-21)10-22-6-4-16(20-22)13-2-3-14(9-18)15(17)8-13/h2-4,6,8,12,19H,5,7,10-11H2,1H3/t12-/m0/s1. The van der Waals surface area contributed by atoms with E-state index >= 15 is 0 Å². The second-order valence-corrected chi connectivity index (χ2v) is 5.96. The van der Waals surface area contributed by atoms with Gasteiger partial charge in [0.25, 0.3) is 0 Å². The Morgan fingerprint density at radius 1 is 1.45 bits per heavy atom. The normalized spacial score (nSPS) is 16.6. The molecule has 0 radical (unpaired) electrons. The van der Waals surface area contributed by atoms with Crippen molar-refractivity contribution in [1.82, 2.24) is 20.0 Å². The number of rotatable bonds is 4. The molecule has 0 unspecified atom stereocenters. The summed E-state index contributed by atoms with van der Waals surface area (Å²) in [7, 11) is 0. The van der Waals surface area contributed by atoms with Crippen molar-refractivity contribution in [3.05, 3.63) is 41.0 Å². The minimum Gasteiger partial charge on any atom is -0.303 e. The summed E-state index contributed by atoms with van der Waals surface area (Å²) in [4.78, 5) is 2.40. The maximum atomic E-state index is 8.92. The first kappa shape index (κ1) is 15.0. The van der Waals surface area contributed by atoms with Crippen LogP contribution in [0.4, 0.5) is 0 Å². The number of aromatic nitrogens is 2. The van der Waals surface area contributed by atoms with Crippen molar-refractivity contribution in [3.63, 3.8) is 0 Å². The highest BCUT2D eigenvalue weighted by molar-refractivity contribution is 6.32. The molecule has 3 rings (SSSR count). The number of halogens is 1. The van der Waals surface area contributed by atoms with E-state index in [1.54, 1.807) is 12.1 Å². The minimum atomic E-state index is 0.437. The van der Waals surface area contributed by atoms with E-state index in [4.69, 9.17) is 16.9 Å². The van der Waals surface area contributed by atoms with Crippen LogP contribution in [0.1, 0.15) is 12.5 Å². The molecule has 0 spiro atoms. The Morgan fingerprint density at radius 3 is 3.00 bits per heavy atom. The predicted molar refractivity (Wildman–Crippen MR) is 86.4 cm³/mol. The molecule has 5 nitrogen and oxygen atoms in total. The molecule has 6 heteroatoms. The van der Waals surface area contributed by atoms with Crippen LogP contribution >= 0.6 is 11.6 Å². The Labute approximate surface area is 135 Å². The summed E-state index contributed by atoms with van der Waals surface area (Å²) < 4.78 is 1.96. The van der Waals surface area contributed by atoms with Crippen LogP contribution in [0.15, 0.2) is 30.5 Å². The van der Waals surface area contributed by atoms with Gasteiger partial charge in [0.05, 0.1) is 22.8 Å². The van der Waals surface area contributed by atoms with Crippen LogP contribution in [-0.2, 0) is 6.54 Å². The van der Waals surface area contributed by atoms with Gasteiger partial charge in [0, 0.05) is 37.6 Å². The zero-order chi connectivity index (χ0) is 15.5. The van der Waals surface area contributed by atoms with Gasteiger partial charge < -0.3 is 5.32 Å². The first-order chi connectivity index (χ1) is 10.7. The maximum Gasteiger partial charge on any atom is 0.101 e. The average Bonchev–Trinajstić information content (AvgIpc) is 3.18. The Hall–Kier alpha value is -1.87. The van der Waals surface area contributed by atoms with Gasteiger partial charge >= 0.3 is 0 Å². The average molecular weight is 316 g/mol. The number of nitrogens with one attached hydrogen (secondary N) is 1. The third kappa shape index (κ3) is 3.14. The Kier molecular flexibility index (Phi) is 4.44. The largest absolute Gasteiger partial charge is 0.303 e. The first-order valence-corrected chi connectivity index (χ1v) is 7.73. The second kappa shape index (κ2) is 6.49. The van der Waals surface area contributed by atoms with E-state index in [1.165, 1.54) is 0 Å². The fourth-order valence-corrected chi connectivity index (χ4v) is 2.89. The molecule has 0 bridgehead atoms. The van der Waals surface area contributed by atoms with Gasteiger partial charge in [0.15, 0.2) is 0 Å². The summed E-state index contributed by atoms with van der Waals surface area (Å²) in [6.45, 7) is 6.15. The van der Waals surface area contributed by atoms with Crippen LogP contribution in [0.25, 0.3) is 11.3 Å². The lowest BCUT2D eigenvalue weighted by molar-refractivity contribution is 0.228. The monoisotopic (exact) mass is 315 g/mol. The lowest BCUT2D eigenvalue weighted by Crippen LogP contribution is -2.35. The zero-order valence-electron chi connectivity index (χ0n) is 12.5. The van der Waals surface area contributed by atoms with Crippen LogP contribution in [0.2, 0.25) is 5.02 Å². The van der Waals surface area contributed by atoms with Crippen LogP contribution in [0.3, 0.4) is 0 Å². The van der Waals surface area contributed by atoms with Crippen molar-refractivity contribution >= 4 is 11.6 Å². The van der Waals surface area contributed by atoms with E-state index in [2.05, 4.69) is 28.3 Å². The van der Waals surface area contributed by atoms with Gasteiger partial charge in [-0.2, -0.15) is 10.4 Å². The highest BCUT2D eigenvalue weighted by atomic mass is 35.5. The summed E-state index contributed by atoms with van der Waals surface area (Å²) >= 11 is 6.09. The molecule has 1 atom stereocenters. The number of hydrogen-bond acceptors (Lipinski definition) is 4. The van der Waals surface area contributed by atoms with Crippen LogP contribution < -0.4 is 5.32 Å². The highest BCUT2D eigenvalue weighted by Gasteiger charge is 2.18. The molecule has 2 heterocycles. The summed E-state index contributed by atoms with van der Waals surface area (Å²) in [6.07, 6.45) is 1.99. The van der Waals surface area contributed by atoms with Crippen LogP contribution in [-0.4, -0.2) is 40.5 Å². The quantitative estimate of drug-likeness (QED) is 0.941. The van der Waals surface area contributed by atoms with Gasteiger partial charge in [-0.25, -0.2) is 0 Å². The molecular weight excluding hydrogens is 298 g/mol. The molecule has 1 aromatic carbocycles. The van der Waals surface area contributed by atoms with Gasteiger partial charge in [0.2, 0.25) is 0 Å². The van der Waals surface area contributed by atoms with Gasteiger partial charge in [-0.3, -0.25) is 9.58 Å². The van der Waals surface area contributed by atoms with E-state index in [-0.39, 0.29) is 0 Å². The third-order valence-corrected chi connectivity index (χ3v) is 4.30. The van der Waals surface area contributed by atoms with Crippen LogP contribution in [0.5, 0.6) is 0 Å². The summed E-state index contributed by atoms with van der Waals surface area (Å²) in [5, 5.41) is 17.3. The Balaban J connectivity index is 1.73. The topological polar surface area (TPSA) is 56.9 Å². The molecular formula is C16H18ClN5. The predicted octanol–water partition coefficient (Wildman–Crippen LogP) is 2.33. The number of nitrogens with zero attached hydrogens (tertiary/aromatic N) is 4. The molecule has 2 aromatic rings. The minimum absolute atomic E-state index is 0.437. The van der Waals surface area contributed by atoms with E-state index in [9.17, 15) is 0 Å². The van der Waals surface area contributed by atoms with Gasteiger partial charge in [-0.15, -0.1) is 0 Å². The van der Waals surface area contributed by atoms with Crippen molar-refractivity contribution in [3.8, 4) is 17.3 Å². The lowest BCUT2D eigenvalue weighted by atomic mass is 10.1. The van der Waals surface area contributed by atoms with E-state index in [0.717, 1.165) is 37.6 Å². The number of nitriles is 1. The Bertz CT molecular complexity index is 697. The van der Waals surface area contributed by atoms with Gasteiger partial charge in [-0.1, -0.05) is 17.7 Å². The molecule has 1 N–H and O–H groups in total. The van der Waals surface area contributed by atoms with Crippen molar-refractivity contribution in [2.45, 2.75) is 19.5 Å². The fourth-order valence-electron chi connectivity index (χ4n) is 2.67. The molecule has 1 saturated heterocycles. The van der Waals surface area contributed by atoms with Crippen molar-refractivity contribution in [2.24, 2.45) is 0 Å². The molecule has 114 valence electrons. The molecule has 1 aromatic heterocycles. The van der Waals surface area contributed by atoms with E-state index < -0.39 is 0 Å². The van der Waals surface area contributed by atoms with E-state index in [1.807, 2.05) is 23.0 Å². The molecule has 0 saturated carbocycles. The molecule has 0 amide bonds. The lowest BCUT2D eigenvalue weighted by Gasteiger charge is -2.22. The summed E-state index contributed by atoms with van der Waals surface area (Å²) in [5.41, 5.74) is 2.29. The summed E-state index contributed by atoms with van der Waals surface area (Å²) in [6, 6.07) is 9.89. The zero-order valence-corrected chi connectivity index (χ0v) is 13.2. The number of benzene rings is 1. The first-order valence-electron chi connectivity index (χ1n) is 7.35. The SMILES string of the molecule is C[C@@H](Cn1ccc(-c2ccc(C#N)c(Cl)c2)n1)N1CCNC1. The highest BCUT2D eigenvalue weighted by Crippen LogP contribution is 2.24. The molecule has 1 aliphatic rings. The van der Waals surface area contributed by atoms with Gasteiger partial charge in [0.1, 0.15) is 6.07 Å². The summed E-state index contributed by atoms with van der Waals surface area (Å²) in [5.74, 6) is 0. The van der Waals surface area contributed by atoms with Gasteiger partial charge in [-0.05, 0) is 25.1 Å². The Morgan fingerprint density at radius 2 is 2.32 bits per heavy atom. The molecule has 1 fully saturated rings. The van der Waals surface area contributed by atoms with Crippen molar-refractivity contribution in [2.75, 3.05) is 19.8 Å². The molecule has 1 aliphatic heterocycles. The number of hydrogen-bond donors (Lipinski definition) is 1. The maximum absolute atomic E-state index is 8.92. The smallest absolute Gasteiger partial charge is 0.101 e. The van der Waals surface area contributed by atoms with Crippen molar-refractivity contribution in [1.29, 1.82) is 5.26 Å². The van der Waals surface area contributed by atoms with Crippen molar-refractivity contribution < 1.29 is 0 Å². The van der Waals surface area contributed by atoms with E-state index in [0.29, 0.717) is 16.6 Å². The molecule has 22 heavy (non-hydrogen) atoms. The fraction of sp³-hybridized carbons (Fsp3) is 0.375. The third-order valence-electron chi connectivity index (χ3n) is 3.99. The van der Waals surface area contributed by atoms with Crippen LogP contribution in [0, 0.1) is 11.3 Å². The molecule has 0 aliphatic carbocycles.